The van der Waals surface area contributed by atoms with Gasteiger partial charge in [0.25, 0.3) is 5.91 Å². The molecular formula is C14H18N4O3. The summed E-state index contributed by atoms with van der Waals surface area (Å²) in [5.41, 5.74) is 1.11. The average Bonchev–Trinajstić information content (AvgIpc) is 2.90. The van der Waals surface area contributed by atoms with Crippen LogP contribution in [0.2, 0.25) is 0 Å². The third-order valence-electron chi connectivity index (χ3n) is 3.03. The minimum Gasteiger partial charge on any atom is -0.383 e. The lowest BCUT2D eigenvalue weighted by Crippen LogP contribution is -2.39. The lowest BCUT2D eigenvalue weighted by molar-refractivity contribution is -0.121. The number of ether oxygens (including phenoxy) is 1. The molecule has 7 nitrogen and oxygen atoms in total. The summed E-state index contributed by atoms with van der Waals surface area (Å²) >= 11 is 0. The highest BCUT2D eigenvalue weighted by Gasteiger charge is 2.19. The standard InChI is InChI=1S/C14H18N4O3/c1-18(9-12(19)15-7-8-21-2)14(20)13-10-5-3-4-6-11(10)16-17-13/h3-6H,7-9H2,1-2H3,(H,15,19)(H,16,17). The van der Waals surface area contributed by atoms with Crippen molar-refractivity contribution in [1.82, 2.24) is 20.4 Å². The zero-order chi connectivity index (χ0) is 15.2. The van der Waals surface area contributed by atoms with Crippen LogP contribution in [-0.2, 0) is 9.53 Å². The number of H-pyrrole nitrogens is 1. The second kappa shape index (κ2) is 6.85. The largest absolute Gasteiger partial charge is 0.383 e. The first-order chi connectivity index (χ1) is 10.1. The molecule has 2 amide bonds. The van der Waals surface area contributed by atoms with Gasteiger partial charge < -0.3 is 15.0 Å². The molecule has 0 aliphatic rings. The number of fused-ring (bicyclic) bond motifs is 1. The van der Waals surface area contributed by atoms with E-state index in [4.69, 9.17) is 4.74 Å². The average molecular weight is 290 g/mol. The highest BCUT2D eigenvalue weighted by Crippen LogP contribution is 2.16. The van der Waals surface area contributed by atoms with Crippen LogP contribution in [0.5, 0.6) is 0 Å². The lowest BCUT2D eigenvalue weighted by Gasteiger charge is -2.15. The molecule has 1 aromatic heterocycles. The predicted molar refractivity (Wildman–Crippen MR) is 77.9 cm³/mol. The van der Waals surface area contributed by atoms with Crippen LogP contribution < -0.4 is 5.32 Å². The van der Waals surface area contributed by atoms with Crippen molar-refractivity contribution in [3.63, 3.8) is 0 Å². The summed E-state index contributed by atoms with van der Waals surface area (Å²) in [5.74, 6) is -0.530. The number of benzene rings is 1. The molecule has 0 atom stereocenters. The van der Waals surface area contributed by atoms with Gasteiger partial charge in [-0.2, -0.15) is 5.10 Å². The highest BCUT2D eigenvalue weighted by molar-refractivity contribution is 6.05. The quantitative estimate of drug-likeness (QED) is 0.754. The van der Waals surface area contributed by atoms with E-state index in [1.54, 1.807) is 14.2 Å². The number of amides is 2. The van der Waals surface area contributed by atoms with Gasteiger partial charge in [-0.15, -0.1) is 0 Å². The molecule has 0 saturated carbocycles. The molecule has 1 heterocycles. The molecule has 0 saturated heterocycles. The first kappa shape index (κ1) is 15.0. The fraction of sp³-hybridized carbons (Fsp3) is 0.357. The Bertz CT molecular complexity index is 638. The molecule has 2 aromatic rings. The number of hydrogen-bond acceptors (Lipinski definition) is 4. The van der Waals surface area contributed by atoms with Gasteiger partial charge in [-0.1, -0.05) is 18.2 Å². The predicted octanol–water partition coefficient (Wildman–Crippen LogP) is 0.398. The molecule has 0 aliphatic carbocycles. The van der Waals surface area contributed by atoms with Crippen LogP contribution in [0.4, 0.5) is 0 Å². The minimum atomic E-state index is -0.297. The second-order valence-electron chi connectivity index (χ2n) is 4.62. The van der Waals surface area contributed by atoms with Crippen LogP contribution in [0, 0.1) is 0 Å². The van der Waals surface area contributed by atoms with Crippen molar-refractivity contribution >= 4 is 22.7 Å². The SMILES string of the molecule is COCCNC(=O)CN(C)C(=O)c1n[nH]c2ccccc12. The highest BCUT2D eigenvalue weighted by atomic mass is 16.5. The molecule has 7 heteroatoms. The van der Waals surface area contributed by atoms with E-state index in [2.05, 4.69) is 15.5 Å². The summed E-state index contributed by atoms with van der Waals surface area (Å²) in [6, 6.07) is 7.36. The number of nitrogens with one attached hydrogen (secondary N) is 2. The Hall–Kier alpha value is -2.41. The van der Waals surface area contributed by atoms with Crippen LogP contribution in [0.1, 0.15) is 10.5 Å². The number of para-hydroxylation sites is 1. The number of aromatic amines is 1. The Kier molecular flexibility index (Phi) is 4.89. The molecule has 2 rings (SSSR count). The zero-order valence-corrected chi connectivity index (χ0v) is 12.0. The molecule has 0 bridgehead atoms. The number of methoxy groups -OCH3 is 1. The normalized spacial score (nSPS) is 10.6. The van der Waals surface area contributed by atoms with E-state index in [1.165, 1.54) is 4.90 Å². The van der Waals surface area contributed by atoms with E-state index in [0.29, 0.717) is 18.8 Å². The maximum Gasteiger partial charge on any atom is 0.275 e. The fourth-order valence-corrected chi connectivity index (χ4v) is 1.94. The summed E-state index contributed by atoms with van der Waals surface area (Å²) < 4.78 is 4.84. The van der Waals surface area contributed by atoms with Crippen molar-refractivity contribution in [2.24, 2.45) is 0 Å². The van der Waals surface area contributed by atoms with Crippen molar-refractivity contribution in [2.45, 2.75) is 0 Å². The van der Waals surface area contributed by atoms with Gasteiger partial charge in [-0.05, 0) is 6.07 Å². The third-order valence-corrected chi connectivity index (χ3v) is 3.03. The summed E-state index contributed by atoms with van der Waals surface area (Å²) in [7, 11) is 3.13. The Morgan fingerprint density at radius 2 is 2.14 bits per heavy atom. The van der Waals surface area contributed by atoms with Gasteiger partial charge in [0.1, 0.15) is 0 Å². The topological polar surface area (TPSA) is 87.3 Å². The van der Waals surface area contributed by atoms with Crippen LogP contribution in [0.3, 0.4) is 0 Å². The Labute approximate surface area is 122 Å². The minimum absolute atomic E-state index is 0.0241. The molecule has 0 fully saturated rings. The lowest BCUT2D eigenvalue weighted by atomic mass is 10.2. The first-order valence-corrected chi connectivity index (χ1v) is 6.57. The molecule has 0 spiro atoms. The number of carbonyl (C=O) groups is 2. The van der Waals surface area contributed by atoms with E-state index < -0.39 is 0 Å². The van der Waals surface area contributed by atoms with Crippen molar-refractivity contribution in [1.29, 1.82) is 0 Å². The molecule has 0 unspecified atom stereocenters. The van der Waals surface area contributed by atoms with Crippen LogP contribution in [0.25, 0.3) is 10.9 Å². The zero-order valence-electron chi connectivity index (χ0n) is 12.0. The molecule has 1 aromatic carbocycles. The van der Waals surface area contributed by atoms with E-state index in [0.717, 1.165) is 10.9 Å². The van der Waals surface area contributed by atoms with Gasteiger partial charge in [0, 0.05) is 26.1 Å². The fourth-order valence-electron chi connectivity index (χ4n) is 1.94. The Morgan fingerprint density at radius 1 is 1.38 bits per heavy atom. The molecule has 2 N–H and O–H groups in total. The monoisotopic (exact) mass is 290 g/mol. The molecule has 0 radical (unpaired) electrons. The van der Waals surface area contributed by atoms with Crippen LogP contribution in [0.15, 0.2) is 24.3 Å². The number of carbonyl (C=O) groups excluding carboxylic acids is 2. The maximum atomic E-state index is 12.3. The summed E-state index contributed by atoms with van der Waals surface area (Å²) in [6.07, 6.45) is 0. The van der Waals surface area contributed by atoms with Gasteiger partial charge in [-0.3, -0.25) is 14.7 Å². The number of nitrogens with zero attached hydrogens (tertiary/aromatic N) is 2. The molecular weight excluding hydrogens is 272 g/mol. The maximum absolute atomic E-state index is 12.3. The number of hydrogen-bond donors (Lipinski definition) is 2. The third kappa shape index (κ3) is 3.57. The first-order valence-electron chi connectivity index (χ1n) is 6.57. The number of aromatic nitrogens is 2. The van der Waals surface area contributed by atoms with Gasteiger partial charge in [0.2, 0.25) is 5.91 Å². The Morgan fingerprint density at radius 3 is 2.90 bits per heavy atom. The number of rotatable bonds is 6. The summed E-state index contributed by atoms with van der Waals surface area (Å²) in [5, 5.41) is 10.2. The van der Waals surface area contributed by atoms with Crippen molar-refractivity contribution in [3.05, 3.63) is 30.0 Å². The van der Waals surface area contributed by atoms with Gasteiger partial charge in [-0.25, -0.2) is 0 Å². The van der Waals surface area contributed by atoms with Crippen molar-refractivity contribution < 1.29 is 14.3 Å². The molecule has 0 aliphatic heterocycles. The van der Waals surface area contributed by atoms with Crippen LogP contribution in [-0.4, -0.2) is 60.8 Å². The number of likely N-dealkylation sites (N-methyl/N-ethyl adjacent to an activating group) is 1. The molecule has 21 heavy (non-hydrogen) atoms. The van der Waals surface area contributed by atoms with Gasteiger partial charge in [0.15, 0.2) is 5.69 Å². The van der Waals surface area contributed by atoms with E-state index in [9.17, 15) is 9.59 Å². The van der Waals surface area contributed by atoms with E-state index in [-0.39, 0.29) is 18.4 Å². The van der Waals surface area contributed by atoms with Gasteiger partial charge >= 0.3 is 0 Å². The second-order valence-corrected chi connectivity index (χ2v) is 4.62. The van der Waals surface area contributed by atoms with E-state index in [1.807, 2.05) is 24.3 Å². The van der Waals surface area contributed by atoms with Crippen molar-refractivity contribution in [3.8, 4) is 0 Å². The Balaban J connectivity index is 2.01. The molecule has 112 valence electrons. The van der Waals surface area contributed by atoms with E-state index >= 15 is 0 Å². The van der Waals surface area contributed by atoms with Gasteiger partial charge in [0.05, 0.1) is 18.7 Å². The summed E-state index contributed by atoms with van der Waals surface area (Å²) in [4.78, 5) is 25.3. The van der Waals surface area contributed by atoms with Crippen molar-refractivity contribution in [2.75, 3.05) is 33.9 Å². The summed E-state index contributed by atoms with van der Waals surface area (Å²) in [6.45, 7) is 0.833. The van der Waals surface area contributed by atoms with Crippen LogP contribution >= 0.6 is 0 Å². The smallest absolute Gasteiger partial charge is 0.275 e.